The number of nitrogens with two attached hydrogens (primary N) is 1. The third-order valence-corrected chi connectivity index (χ3v) is 3.38. The molecule has 1 aromatic carbocycles. The molecule has 0 saturated heterocycles. The number of hydrogen-bond acceptors (Lipinski definition) is 5. The van der Waals surface area contributed by atoms with E-state index in [1.807, 2.05) is 6.07 Å². The van der Waals surface area contributed by atoms with Gasteiger partial charge >= 0.3 is 0 Å². The van der Waals surface area contributed by atoms with E-state index in [0.717, 1.165) is 35.7 Å². The van der Waals surface area contributed by atoms with Crippen molar-refractivity contribution < 1.29 is 14.2 Å². The zero-order valence-corrected chi connectivity index (χ0v) is 11.1. The molecule has 0 aromatic heterocycles. The molecule has 1 heterocycles. The fourth-order valence-corrected chi connectivity index (χ4v) is 2.52. The fraction of sp³-hybridized carbons (Fsp3) is 0.538. The lowest BCUT2D eigenvalue weighted by Gasteiger charge is -2.29. The summed E-state index contributed by atoms with van der Waals surface area (Å²) in [5, 5.41) is 3.35. The third kappa shape index (κ3) is 2.00. The summed E-state index contributed by atoms with van der Waals surface area (Å²) in [5.41, 5.74) is 8.05. The average molecular weight is 252 g/mol. The number of nitrogens with one attached hydrogen (secondary N) is 1. The first kappa shape index (κ1) is 13.0. The molecule has 0 radical (unpaired) electrons. The van der Waals surface area contributed by atoms with E-state index in [-0.39, 0.29) is 5.92 Å². The monoisotopic (exact) mass is 252 g/mol. The van der Waals surface area contributed by atoms with Gasteiger partial charge in [-0.25, -0.2) is 0 Å². The summed E-state index contributed by atoms with van der Waals surface area (Å²) in [6, 6.07) is 1.87. The Morgan fingerprint density at radius 1 is 1.22 bits per heavy atom. The maximum atomic E-state index is 5.84. The minimum absolute atomic E-state index is 0.239. The maximum absolute atomic E-state index is 5.84. The molecular weight excluding hydrogens is 232 g/mol. The van der Waals surface area contributed by atoms with E-state index in [2.05, 4.69) is 5.32 Å². The first-order valence-electron chi connectivity index (χ1n) is 5.99. The Kier molecular flexibility index (Phi) is 3.93. The number of hydrogen-bond donors (Lipinski definition) is 2. The number of methoxy groups -OCH3 is 3. The van der Waals surface area contributed by atoms with Gasteiger partial charge in [-0.15, -0.1) is 0 Å². The van der Waals surface area contributed by atoms with Crippen molar-refractivity contribution in [1.82, 2.24) is 5.32 Å². The largest absolute Gasteiger partial charge is 0.496 e. The second-order valence-electron chi connectivity index (χ2n) is 4.27. The van der Waals surface area contributed by atoms with Crippen molar-refractivity contribution in [3.63, 3.8) is 0 Å². The smallest absolute Gasteiger partial charge is 0.165 e. The average Bonchev–Trinajstić information content (AvgIpc) is 2.44. The van der Waals surface area contributed by atoms with Gasteiger partial charge in [0, 0.05) is 42.7 Å². The Morgan fingerprint density at radius 2 is 1.94 bits per heavy atom. The molecule has 5 nitrogen and oxygen atoms in total. The minimum atomic E-state index is 0.239. The zero-order chi connectivity index (χ0) is 13.1. The van der Waals surface area contributed by atoms with Crippen molar-refractivity contribution in [1.29, 1.82) is 0 Å². The van der Waals surface area contributed by atoms with Gasteiger partial charge in [-0.3, -0.25) is 0 Å². The van der Waals surface area contributed by atoms with Crippen LogP contribution in [0.4, 0.5) is 0 Å². The van der Waals surface area contributed by atoms with Gasteiger partial charge in [-0.2, -0.15) is 0 Å². The normalized spacial score (nSPS) is 18.1. The highest BCUT2D eigenvalue weighted by atomic mass is 16.5. The van der Waals surface area contributed by atoms with Crippen LogP contribution in [0, 0.1) is 0 Å². The summed E-state index contributed by atoms with van der Waals surface area (Å²) in [6.07, 6.45) is 0. The number of rotatable bonds is 4. The molecule has 1 aliphatic rings. The first-order chi connectivity index (χ1) is 8.76. The van der Waals surface area contributed by atoms with Gasteiger partial charge in [0.2, 0.25) is 0 Å². The number of benzene rings is 1. The van der Waals surface area contributed by atoms with Crippen molar-refractivity contribution in [3.8, 4) is 17.2 Å². The van der Waals surface area contributed by atoms with Crippen LogP contribution < -0.4 is 25.3 Å². The molecule has 5 heteroatoms. The molecule has 1 aliphatic heterocycles. The van der Waals surface area contributed by atoms with Crippen molar-refractivity contribution >= 4 is 0 Å². The van der Waals surface area contributed by atoms with Crippen LogP contribution in [0.3, 0.4) is 0 Å². The lowest BCUT2D eigenvalue weighted by Crippen LogP contribution is -2.33. The summed E-state index contributed by atoms with van der Waals surface area (Å²) in [7, 11) is 4.94. The molecular formula is C13H20N2O3. The summed E-state index contributed by atoms with van der Waals surface area (Å²) in [6.45, 7) is 2.17. The van der Waals surface area contributed by atoms with Crippen molar-refractivity contribution in [2.75, 3.05) is 34.4 Å². The summed E-state index contributed by atoms with van der Waals surface area (Å²) in [5.74, 6) is 2.51. The van der Waals surface area contributed by atoms with E-state index in [0.29, 0.717) is 12.3 Å². The molecule has 0 amide bonds. The van der Waals surface area contributed by atoms with Crippen LogP contribution >= 0.6 is 0 Å². The molecule has 18 heavy (non-hydrogen) atoms. The van der Waals surface area contributed by atoms with Gasteiger partial charge in [-0.1, -0.05) is 0 Å². The molecule has 1 aromatic rings. The topological polar surface area (TPSA) is 65.7 Å². The lowest BCUT2D eigenvalue weighted by atomic mass is 9.89. The van der Waals surface area contributed by atoms with Gasteiger partial charge < -0.3 is 25.3 Å². The molecule has 2 rings (SSSR count). The van der Waals surface area contributed by atoms with Crippen molar-refractivity contribution in [3.05, 3.63) is 17.2 Å². The van der Waals surface area contributed by atoms with Gasteiger partial charge in [-0.05, 0) is 0 Å². The summed E-state index contributed by atoms with van der Waals surface area (Å²) < 4.78 is 16.3. The minimum Gasteiger partial charge on any atom is -0.496 e. The standard InChI is InChI=1S/C13H20N2O3/c1-16-10-4-11(17-2)13(18-3)9-7-15-6-8(5-14)12(9)10/h4,8,15H,5-7,14H2,1-3H3. The molecule has 0 fully saturated rings. The van der Waals surface area contributed by atoms with E-state index < -0.39 is 0 Å². The summed E-state index contributed by atoms with van der Waals surface area (Å²) >= 11 is 0. The van der Waals surface area contributed by atoms with E-state index in [9.17, 15) is 0 Å². The first-order valence-corrected chi connectivity index (χ1v) is 5.99. The molecule has 0 aliphatic carbocycles. The fourth-order valence-electron chi connectivity index (χ4n) is 2.52. The SMILES string of the molecule is COc1cc(OC)c2c(c1OC)CNCC2CN. The lowest BCUT2D eigenvalue weighted by molar-refractivity contribution is 0.337. The summed E-state index contributed by atoms with van der Waals surface area (Å²) in [4.78, 5) is 0. The van der Waals surface area contributed by atoms with Crippen LogP contribution in [0.1, 0.15) is 17.0 Å². The molecule has 0 saturated carbocycles. The predicted octanol–water partition coefficient (Wildman–Crippen LogP) is 0.858. The van der Waals surface area contributed by atoms with E-state index in [4.69, 9.17) is 19.9 Å². The predicted molar refractivity (Wildman–Crippen MR) is 69.6 cm³/mol. The zero-order valence-electron chi connectivity index (χ0n) is 11.1. The Hall–Kier alpha value is -1.46. The van der Waals surface area contributed by atoms with Gasteiger partial charge in [0.15, 0.2) is 11.5 Å². The highest BCUT2D eigenvalue weighted by Crippen LogP contribution is 2.43. The van der Waals surface area contributed by atoms with Gasteiger partial charge in [0.05, 0.1) is 21.3 Å². The van der Waals surface area contributed by atoms with Crippen LogP contribution in [0.5, 0.6) is 17.2 Å². The van der Waals surface area contributed by atoms with Crippen molar-refractivity contribution in [2.24, 2.45) is 5.73 Å². The van der Waals surface area contributed by atoms with Gasteiger partial charge in [0.25, 0.3) is 0 Å². The molecule has 100 valence electrons. The highest BCUT2D eigenvalue weighted by Gasteiger charge is 2.28. The van der Waals surface area contributed by atoms with Crippen LogP contribution in [0.2, 0.25) is 0 Å². The molecule has 0 bridgehead atoms. The van der Waals surface area contributed by atoms with Crippen LogP contribution in [-0.4, -0.2) is 34.4 Å². The van der Waals surface area contributed by atoms with Gasteiger partial charge in [0.1, 0.15) is 5.75 Å². The molecule has 0 spiro atoms. The Morgan fingerprint density at radius 3 is 2.50 bits per heavy atom. The van der Waals surface area contributed by atoms with Crippen LogP contribution in [-0.2, 0) is 6.54 Å². The molecule has 1 atom stereocenters. The number of fused-ring (bicyclic) bond motifs is 1. The highest BCUT2D eigenvalue weighted by molar-refractivity contribution is 5.59. The Labute approximate surface area is 107 Å². The van der Waals surface area contributed by atoms with E-state index in [1.165, 1.54) is 0 Å². The van der Waals surface area contributed by atoms with E-state index in [1.54, 1.807) is 21.3 Å². The van der Waals surface area contributed by atoms with Crippen LogP contribution in [0.15, 0.2) is 6.07 Å². The second kappa shape index (κ2) is 5.46. The quantitative estimate of drug-likeness (QED) is 0.832. The van der Waals surface area contributed by atoms with Crippen LogP contribution in [0.25, 0.3) is 0 Å². The van der Waals surface area contributed by atoms with Crippen molar-refractivity contribution in [2.45, 2.75) is 12.5 Å². The third-order valence-electron chi connectivity index (χ3n) is 3.38. The Balaban J connectivity index is 2.64. The second-order valence-corrected chi connectivity index (χ2v) is 4.27. The molecule has 3 N–H and O–H groups in total. The number of ether oxygens (including phenoxy) is 3. The maximum Gasteiger partial charge on any atom is 0.165 e. The molecule has 1 unspecified atom stereocenters. The Bertz CT molecular complexity index is 435. The van der Waals surface area contributed by atoms with E-state index >= 15 is 0 Å².